The number of hydrogen-bond donors (Lipinski definition) is 0. The molecule has 1 saturated heterocycles. The van der Waals surface area contributed by atoms with Crippen molar-refractivity contribution < 1.29 is 18.4 Å². The van der Waals surface area contributed by atoms with Crippen molar-refractivity contribution in [2.45, 2.75) is 6.42 Å². The molecular weight excluding hydrogens is 167 g/mol. The van der Waals surface area contributed by atoms with Crippen LogP contribution in [0.4, 0.5) is 0 Å². The van der Waals surface area contributed by atoms with Crippen molar-refractivity contribution in [2.75, 3.05) is 13.2 Å². The fourth-order valence-corrected chi connectivity index (χ4v) is 2.00. The van der Waals surface area contributed by atoms with Gasteiger partial charge in [0.05, 0.1) is 13.2 Å². The van der Waals surface area contributed by atoms with Gasteiger partial charge >= 0.3 is 7.60 Å². The first-order valence-electron chi connectivity index (χ1n) is 3.25. The summed E-state index contributed by atoms with van der Waals surface area (Å²) in [6.45, 7) is 3.83. The van der Waals surface area contributed by atoms with Crippen LogP contribution in [-0.2, 0) is 18.4 Å². The maximum Gasteiger partial charge on any atom is 0.400 e. The molecule has 0 spiro atoms. The van der Waals surface area contributed by atoms with Gasteiger partial charge in [0.25, 0.3) is 5.52 Å². The van der Waals surface area contributed by atoms with E-state index in [1.165, 1.54) is 0 Å². The number of carbonyl (C=O) groups excluding carboxylic acids is 1. The number of allylic oxidation sites excluding steroid dienone is 1. The molecule has 1 fully saturated rings. The van der Waals surface area contributed by atoms with Gasteiger partial charge in [0, 0.05) is 0 Å². The fraction of sp³-hybridized carbons (Fsp3) is 0.500. The lowest BCUT2D eigenvalue weighted by Gasteiger charge is -2.19. The van der Waals surface area contributed by atoms with Crippen molar-refractivity contribution in [1.29, 1.82) is 0 Å². The van der Waals surface area contributed by atoms with E-state index in [9.17, 15) is 9.36 Å². The predicted octanol–water partition coefficient (Wildman–Crippen LogP) is 1.33. The summed E-state index contributed by atoms with van der Waals surface area (Å²) in [6.07, 6.45) is 1.64. The molecule has 0 unspecified atom stereocenters. The van der Waals surface area contributed by atoms with Crippen LogP contribution in [0.1, 0.15) is 6.42 Å². The Hall–Kier alpha value is -0.440. The Morgan fingerprint density at radius 2 is 2.00 bits per heavy atom. The van der Waals surface area contributed by atoms with Gasteiger partial charge in [-0.2, -0.15) is 0 Å². The Morgan fingerprint density at radius 3 is 2.45 bits per heavy atom. The highest BCUT2D eigenvalue weighted by Gasteiger charge is 2.34. The van der Waals surface area contributed by atoms with Crippen LogP contribution in [0.15, 0.2) is 12.7 Å². The largest absolute Gasteiger partial charge is 0.400 e. The van der Waals surface area contributed by atoms with E-state index < -0.39 is 13.1 Å². The van der Waals surface area contributed by atoms with Gasteiger partial charge in [-0.05, 0) is 12.5 Å². The first-order chi connectivity index (χ1) is 5.19. The summed E-state index contributed by atoms with van der Waals surface area (Å²) in [5.41, 5.74) is -0.655. The zero-order chi connectivity index (χ0) is 8.32. The lowest BCUT2D eigenvalue weighted by atomic mass is 10.5. The molecule has 1 aliphatic heterocycles. The third kappa shape index (κ3) is 1.77. The first-order valence-corrected chi connectivity index (χ1v) is 4.79. The van der Waals surface area contributed by atoms with Crippen LogP contribution in [0.2, 0.25) is 0 Å². The molecule has 1 aliphatic rings. The van der Waals surface area contributed by atoms with Gasteiger partial charge in [-0.1, -0.05) is 6.58 Å². The number of hydrogen-bond acceptors (Lipinski definition) is 4. The standard InChI is InChI=1S/C6H9O4P/c1-2-6(7)11(8)9-4-3-5-10-11/h2H,1,3-5H2. The minimum atomic E-state index is -3.46. The van der Waals surface area contributed by atoms with Crippen molar-refractivity contribution in [2.24, 2.45) is 0 Å². The molecule has 1 heterocycles. The van der Waals surface area contributed by atoms with Crippen molar-refractivity contribution in [3.63, 3.8) is 0 Å². The lowest BCUT2D eigenvalue weighted by Crippen LogP contribution is -2.12. The summed E-state index contributed by atoms with van der Waals surface area (Å²) >= 11 is 0. The molecule has 11 heavy (non-hydrogen) atoms. The molecule has 0 aromatic heterocycles. The van der Waals surface area contributed by atoms with Gasteiger partial charge < -0.3 is 9.05 Å². The van der Waals surface area contributed by atoms with Crippen LogP contribution in [-0.4, -0.2) is 18.7 Å². The van der Waals surface area contributed by atoms with Crippen LogP contribution in [0.3, 0.4) is 0 Å². The highest BCUT2D eigenvalue weighted by Crippen LogP contribution is 2.51. The highest BCUT2D eigenvalue weighted by atomic mass is 31.2. The van der Waals surface area contributed by atoms with Crippen LogP contribution >= 0.6 is 7.60 Å². The average molecular weight is 176 g/mol. The Bertz CT molecular complexity index is 213. The molecule has 0 aliphatic carbocycles. The smallest absolute Gasteiger partial charge is 0.303 e. The molecular formula is C6H9O4P. The maximum atomic E-state index is 11.3. The van der Waals surface area contributed by atoms with Crippen LogP contribution < -0.4 is 0 Å². The normalized spacial score (nSPS) is 22.5. The van der Waals surface area contributed by atoms with Gasteiger partial charge in [-0.3, -0.25) is 9.36 Å². The van der Waals surface area contributed by atoms with Crippen LogP contribution in [0.5, 0.6) is 0 Å². The Labute approximate surface area is 64.7 Å². The summed E-state index contributed by atoms with van der Waals surface area (Å²) < 4.78 is 20.8. The second kappa shape index (κ2) is 3.30. The Balaban J connectivity index is 2.72. The molecule has 4 nitrogen and oxygen atoms in total. The quantitative estimate of drug-likeness (QED) is 0.470. The van der Waals surface area contributed by atoms with E-state index >= 15 is 0 Å². The van der Waals surface area contributed by atoms with Gasteiger partial charge in [0.15, 0.2) is 0 Å². The molecule has 0 saturated carbocycles. The molecule has 0 aromatic rings. The molecule has 1 rings (SSSR count). The van der Waals surface area contributed by atoms with E-state index in [4.69, 9.17) is 9.05 Å². The minimum absolute atomic E-state index is 0.316. The van der Waals surface area contributed by atoms with E-state index in [0.717, 1.165) is 6.08 Å². The van der Waals surface area contributed by atoms with Gasteiger partial charge in [-0.25, -0.2) is 0 Å². The van der Waals surface area contributed by atoms with E-state index in [2.05, 4.69) is 6.58 Å². The third-order valence-electron chi connectivity index (χ3n) is 1.26. The van der Waals surface area contributed by atoms with Crippen LogP contribution in [0, 0.1) is 0 Å². The highest BCUT2D eigenvalue weighted by molar-refractivity contribution is 7.72. The maximum absolute atomic E-state index is 11.3. The zero-order valence-electron chi connectivity index (χ0n) is 5.99. The molecule has 0 atom stereocenters. The SMILES string of the molecule is C=CC(=O)P1(=O)OCCCO1. The second-order valence-electron chi connectivity index (χ2n) is 2.06. The summed E-state index contributed by atoms with van der Waals surface area (Å²) in [6, 6.07) is 0. The topological polar surface area (TPSA) is 52.6 Å². The monoisotopic (exact) mass is 176 g/mol. The van der Waals surface area contributed by atoms with Crippen molar-refractivity contribution in [1.82, 2.24) is 0 Å². The molecule has 0 N–H and O–H groups in total. The third-order valence-corrected chi connectivity index (χ3v) is 3.02. The summed E-state index contributed by atoms with van der Waals surface area (Å²) in [5.74, 6) is 0. The molecule has 62 valence electrons. The molecule has 0 amide bonds. The van der Waals surface area contributed by atoms with E-state index in [-0.39, 0.29) is 0 Å². The molecule has 0 aromatic carbocycles. The van der Waals surface area contributed by atoms with E-state index in [1.54, 1.807) is 0 Å². The predicted molar refractivity (Wildman–Crippen MR) is 39.3 cm³/mol. The summed E-state index contributed by atoms with van der Waals surface area (Å²) in [5, 5.41) is 0. The van der Waals surface area contributed by atoms with Gasteiger partial charge in [-0.15, -0.1) is 0 Å². The first kappa shape index (κ1) is 8.65. The van der Waals surface area contributed by atoms with E-state index in [0.29, 0.717) is 19.6 Å². The number of carbonyl (C=O) groups is 1. The second-order valence-corrected chi connectivity index (χ2v) is 4.01. The Morgan fingerprint density at radius 1 is 1.45 bits per heavy atom. The summed E-state index contributed by atoms with van der Waals surface area (Å²) in [4.78, 5) is 10.9. The van der Waals surface area contributed by atoms with E-state index in [1.807, 2.05) is 0 Å². The average Bonchev–Trinajstić information content (AvgIpc) is 2.04. The lowest BCUT2D eigenvalue weighted by molar-refractivity contribution is -0.110. The molecule has 0 radical (unpaired) electrons. The minimum Gasteiger partial charge on any atom is -0.303 e. The number of rotatable bonds is 2. The molecule has 5 heteroatoms. The zero-order valence-corrected chi connectivity index (χ0v) is 6.88. The fourth-order valence-electron chi connectivity index (χ4n) is 0.705. The summed E-state index contributed by atoms with van der Waals surface area (Å²) in [7, 11) is -3.46. The Kier molecular flexibility index (Phi) is 2.60. The van der Waals surface area contributed by atoms with Crippen molar-refractivity contribution in [3.8, 4) is 0 Å². The van der Waals surface area contributed by atoms with Crippen LogP contribution in [0.25, 0.3) is 0 Å². The van der Waals surface area contributed by atoms with Crippen molar-refractivity contribution >= 4 is 13.1 Å². The van der Waals surface area contributed by atoms with Gasteiger partial charge in [0.2, 0.25) is 0 Å². The van der Waals surface area contributed by atoms with Crippen molar-refractivity contribution in [3.05, 3.63) is 12.7 Å². The molecule has 0 bridgehead atoms. The van der Waals surface area contributed by atoms with Gasteiger partial charge in [0.1, 0.15) is 0 Å².